The minimum atomic E-state index is -1.45. The molecule has 2 heterocycles. The number of carbonyl (C=O) groups excluding carboxylic acids is 2. The summed E-state index contributed by atoms with van der Waals surface area (Å²) in [6.07, 6.45) is 1.98. The number of carbonyl (C=O) groups is 2. The summed E-state index contributed by atoms with van der Waals surface area (Å²) in [4.78, 5) is 28.9. The Labute approximate surface area is 124 Å². The number of nitrogens with zero attached hydrogens (tertiary/aromatic N) is 2. The maximum Gasteiger partial charge on any atom is 0.280 e. The van der Waals surface area contributed by atoms with E-state index in [1.807, 2.05) is 25.1 Å². The predicted octanol–water partition coefficient (Wildman–Crippen LogP) is 1.81. The molecule has 2 aliphatic heterocycles. The molecular formula is C16H20N2O3. The van der Waals surface area contributed by atoms with E-state index in [0.29, 0.717) is 25.4 Å². The highest BCUT2D eigenvalue weighted by atomic mass is 16.5. The lowest BCUT2D eigenvalue weighted by Crippen LogP contribution is -2.62. The van der Waals surface area contributed by atoms with E-state index in [9.17, 15) is 9.59 Å². The average Bonchev–Trinajstić information content (AvgIpc) is 3.02. The number of anilines is 1. The van der Waals surface area contributed by atoms with Crippen LogP contribution in [0.4, 0.5) is 5.69 Å². The van der Waals surface area contributed by atoms with Crippen molar-refractivity contribution in [3.8, 4) is 5.75 Å². The van der Waals surface area contributed by atoms with Crippen LogP contribution in [0.15, 0.2) is 24.3 Å². The normalized spacial score (nSPS) is 24.8. The zero-order valence-electron chi connectivity index (χ0n) is 12.5. The van der Waals surface area contributed by atoms with Crippen LogP contribution in [-0.4, -0.2) is 41.9 Å². The Hall–Kier alpha value is -2.04. The third-order valence-corrected chi connectivity index (χ3v) is 4.24. The Morgan fingerprint density at radius 2 is 1.95 bits per heavy atom. The zero-order valence-corrected chi connectivity index (χ0v) is 12.5. The molecular weight excluding hydrogens is 268 g/mol. The van der Waals surface area contributed by atoms with E-state index >= 15 is 0 Å². The van der Waals surface area contributed by atoms with Gasteiger partial charge in [-0.2, -0.15) is 0 Å². The van der Waals surface area contributed by atoms with Crippen molar-refractivity contribution in [3.05, 3.63) is 24.3 Å². The molecule has 1 atom stereocenters. The van der Waals surface area contributed by atoms with Gasteiger partial charge in [-0.05, 0) is 38.8 Å². The fourth-order valence-corrected chi connectivity index (χ4v) is 3.07. The lowest BCUT2D eigenvalue weighted by molar-refractivity contribution is -0.155. The summed E-state index contributed by atoms with van der Waals surface area (Å²) < 4.78 is 5.86. The quantitative estimate of drug-likeness (QED) is 0.780. The molecule has 0 bridgehead atoms. The highest BCUT2D eigenvalue weighted by molar-refractivity contribution is 6.16. The molecule has 3 rings (SSSR count). The number of fused-ring (bicyclic) bond motifs is 1. The van der Waals surface area contributed by atoms with Crippen molar-refractivity contribution in [2.75, 3.05) is 24.5 Å². The Morgan fingerprint density at radius 3 is 2.62 bits per heavy atom. The summed E-state index contributed by atoms with van der Waals surface area (Å²) in [7, 11) is 0. The van der Waals surface area contributed by atoms with Crippen LogP contribution in [0.2, 0.25) is 0 Å². The molecule has 5 heteroatoms. The highest BCUT2D eigenvalue weighted by Gasteiger charge is 2.52. The predicted molar refractivity (Wildman–Crippen MR) is 79.3 cm³/mol. The van der Waals surface area contributed by atoms with Crippen LogP contribution in [0.3, 0.4) is 0 Å². The van der Waals surface area contributed by atoms with Crippen LogP contribution >= 0.6 is 0 Å². The highest BCUT2D eigenvalue weighted by Crippen LogP contribution is 2.38. The van der Waals surface area contributed by atoms with Gasteiger partial charge in [-0.1, -0.05) is 12.1 Å². The minimum absolute atomic E-state index is 0.224. The third-order valence-electron chi connectivity index (χ3n) is 4.24. The van der Waals surface area contributed by atoms with Gasteiger partial charge in [0.1, 0.15) is 5.75 Å². The van der Waals surface area contributed by atoms with Crippen molar-refractivity contribution in [3.63, 3.8) is 0 Å². The van der Waals surface area contributed by atoms with Gasteiger partial charge < -0.3 is 14.5 Å². The first-order chi connectivity index (χ1) is 10.1. The Balaban J connectivity index is 2.00. The van der Waals surface area contributed by atoms with E-state index in [2.05, 4.69) is 0 Å². The van der Waals surface area contributed by atoms with Crippen LogP contribution < -0.4 is 9.64 Å². The Morgan fingerprint density at radius 1 is 1.29 bits per heavy atom. The van der Waals surface area contributed by atoms with Gasteiger partial charge in [-0.3, -0.25) is 9.59 Å². The molecule has 1 saturated heterocycles. The maximum atomic E-state index is 12.8. The monoisotopic (exact) mass is 288 g/mol. The molecule has 0 aromatic heterocycles. The van der Waals surface area contributed by atoms with Crippen molar-refractivity contribution < 1.29 is 14.3 Å². The summed E-state index contributed by atoms with van der Waals surface area (Å²) >= 11 is 0. The Bertz CT molecular complexity index is 581. The lowest BCUT2D eigenvalue weighted by atomic mass is 9.99. The first-order valence-corrected chi connectivity index (χ1v) is 7.47. The number of hydrogen-bond donors (Lipinski definition) is 0. The number of benzene rings is 1. The number of ether oxygens (including phenoxy) is 1. The molecule has 1 unspecified atom stereocenters. The van der Waals surface area contributed by atoms with Crippen molar-refractivity contribution >= 4 is 17.5 Å². The van der Waals surface area contributed by atoms with Crippen LogP contribution in [-0.2, 0) is 9.59 Å². The number of likely N-dealkylation sites (N-methyl/N-ethyl adjacent to an activating group) is 1. The van der Waals surface area contributed by atoms with E-state index in [4.69, 9.17) is 4.74 Å². The topological polar surface area (TPSA) is 49.9 Å². The van der Waals surface area contributed by atoms with Crippen LogP contribution in [0, 0.1) is 0 Å². The lowest BCUT2D eigenvalue weighted by Gasteiger charge is -2.40. The molecule has 0 saturated carbocycles. The molecule has 1 aromatic rings. The molecule has 0 spiro atoms. The van der Waals surface area contributed by atoms with E-state index in [-0.39, 0.29) is 11.8 Å². The van der Waals surface area contributed by atoms with E-state index in [1.165, 1.54) is 0 Å². The molecule has 0 radical (unpaired) electrons. The number of rotatable bonds is 2. The van der Waals surface area contributed by atoms with Gasteiger partial charge >= 0.3 is 0 Å². The summed E-state index contributed by atoms with van der Waals surface area (Å²) in [6.45, 7) is 5.43. The minimum Gasteiger partial charge on any atom is -0.465 e. The number of amides is 2. The standard InChI is InChI=1S/C16H20N2O3/c1-3-18-12-8-4-5-9-13(12)21-16(2,15(18)20)14(19)17-10-6-7-11-17/h4-5,8-9H,3,6-7,10-11H2,1-2H3. The second-order valence-corrected chi connectivity index (χ2v) is 5.65. The van der Waals surface area contributed by atoms with Gasteiger partial charge in [-0.15, -0.1) is 0 Å². The fourth-order valence-electron chi connectivity index (χ4n) is 3.07. The fraction of sp³-hybridized carbons (Fsp3) is 0.500. The van der Waals surface area contributed by atoms with Gasteiger partial charge in [0.15, 0.2) is 0 Å². The number of likely N-dealkylation sites (tertiary alicyclic amines) is 1. The van der Waals surface area contributed by atoms with Crippen LogP contribution in [0.5, 0.6) is 5.75 Å². The summed E-state index contributed by atoms with van der Waals surface area (Å²) in [6, 6.07) is 7.36. The smallest absolute Gasteiger partial charge is 0.280 e. The van der Waals surface area contributed by atoms with Gasteiger partial charge in [0.05, 0.1) is 5.69 Å². The van der Waals surface area contributed by atoms with Crippen molar-refractivity contribution in [2.24, 2.45) is 0 Å². The first-order valence-electron chi connectivity index (χ1n) is 7.47. The summed E-state index contributed by atoms with van der Waals surface area (Å²) in [5.41, 5.74) is -0.717. The summed E-state index contributed by atoms with van der Waals surface area (Å²) in [5.74, 6) is 0.0903. The van der Waals surface area contributed by atoms with Crippen LogP contribution in [0.25, 0.3) is 0 Å². The summed E-state index contributed by atoms with van der Waals surface area (Å²) in [5, 5.41) is 0. The number of para-hydroxylation sites is 2. The first kappa shape index (κ1) is 13.9. The molecule has 0 aliphatic carbocycles. The molecule has 2 aliphatic rings. The second kappa shape index (κ2) is 5.06. The second-order valence-electron chi connectivity index (χ2n) is 5.65. The molecule has 1 aromatic carbocycles. The maximum absolute atomic E-state index is 12.8. The SMILES string of the molecule is CCN1C(=O)C(C)(C(=O)N2CCCC2)Oc2ccccc21. The Kier molecular flexibility index (Phi) is 3.35. The average molecular weight is 288 g/mol. The molecule has 1 fully saturated rings. The van der Waals surface area contributed by atoms with Gasteiger partial charge in [0.25, 0.3) is 17.4 Å². The van der Waals surface area contributed by atoms with Gasteiger partial charge in [0, 0.05) is 19.6 Å². The van der Waals surface area contributed by atoms with Gasteiger partial charge in [-0.25, -0.2) is 0 Å². The molecule has 0 N–H and O–H groups in total. The largest absolute Gasteiger partial charge is 0.465 e. The van der Waals surface area contributed by atoms with E-state index in [0.717, 1.165) is 18.5 Å². The van der Waals surface area contributed by atoms with Crippen molar-refractivity contribution in [2.45, 2.75) is 32.3 Å². The van der Waals surface area contributed by atoms with Crippen molar-refractivity contribution in [1.82, 2.24) is 4.90 Å². The van der Waals surface area contributed by atoms with E-state index in [1.54, 1.807) is 22.8 Å². The zero-order chi connectivity index (χ0) is 15.0. The molecule has 112 valence electrons. The molecule has 2 amide bonds. The van der Waals surface area contributed by atoms with Gasteiger partial charge in [0.2, 0.25) is 0 Å². The third kappa shape index (κ3) is 2.07. The van der Waals surface area contributed by atoms with Crippen molar-refractivity contribution in [1.29, 1.82) is 0 Å². The van der Waals surface area contributed by atoms with E-state index < -0.39 is 5.60 Å². The number of hydrogen-bond acceptors (Lipinski definition) is 3. The molecule has 5 nitrogen and oxygen atoms in total. The molecule has 21 heavy (non-hydrogen) atoms. The van der Waals surface area contributed by atoms with Crippen LogP contribution in [0.1, 0.15) is 26.7 Å².